The molecule has 1 unspecified atom stereocenters. The van der Waals surface area contributed by atoms with Crippen molar-refractivity contribution in [1.82, 2.24) is 0 Å². The predicted molar refractivity (Wildman–Crippen MR) is 80.6 cm³/mol. The zero-order valence-electron chi connectivity index (χ0n) is 11.3. The lowest BCUT2D eigenvalue weighted by atomic mass is 10.1. The number of carbonyl (C=O) groups is 1. The van der Waals surface area contributed by atoms with Gasteiger partial charge in [-0.3, -0.25) is 0 Å². The van der Waals surface area contributed by atoms with Gasteiger partial charge in [0.15, 0.2) is 0 Å². The van der Waals surface area contributed by atoms with Crippen LogP contribution in [-0.4, -0.2) is 12.6 Å². The first kappa shape index (κ1) is 13.9. The van der Waals surface area contributed by atoms with E-state index in [1.807, 2.05) is 24.3 Å². The highest BCUT2D eigenvalue weighted by Crippen LogP contribution is 2.27. The van der Waals surface area contributed by atoms with Gasteiger partial charge in [-0.05, 0) is 42.0 Å². The molecule has 1 heterocycles. The Morgan fingerprint density at radius 1 is 1.42 bits per heavy atom. The number of carbonyl (C=O) groups excluding carboxylic acids is 1. The summed E-state index contributed by atoms with van der Waals surface area (Å²) in [6.45, 7) is 4.72. The van der Waals surface area contributed by atoms with Gasteiger partial charge in [0.1, 0.15) is 4.88 Å². The van der Waals surface area contributed by atoms with Gasteiger partial charge in [0, 0.05) is 10.4 Å². The van der Waals surface area contributed by atoms with Crippen LogP contribution in [0.1, 0.15) is 36.4 Å². The number of nitrogen functional groups attached to an aromatic ring is 1. The molecule has 0 saturated carbocycles. The Morgan fingerprint density at radius 3 is 2.95 bits per heavy atom. The van der Waals surface area contributed by atoms with Gasteiger partial charge in [-0.25, -0.2) is 4.79 Å². The van der Waals surface area contributed by atoms with E-state index in [1.54, 1.807) is 0 Å². The Bertz CT molecular complexity index is 577. The fourth-order valence-corrected chi connectivity index (χ4v) is 2.96. The van der Waals surface area contributed by atoms with E-state index in [-0.39, 0.29) is 5.97 Å². The monoisotopic (exact) mass is 277 g/mol. The summed E-state index contributed by atoms with van der Waals surface area (Å²) in [6, 6.07) is 7.51. The van der Waals surface area contributed by atoms with Crippen LogP contribution in [0.2, 0.25) is 0 Å². The minimum atomic E-state index is -0.234. The normalized spacial score (nSPS) is 12.5. The summed E-state index contributed by atoms with van der Waals surface area (Å²) >= 11 is 1.45. The van der Waals surface area contributed by atoms with Gasteiger partial charge in [0.05, 0.1) is 6.61 Å². The lowest BCUT2D eigenvalue weighted by Crippen LogP contribution is -2.10. The second kappa shape index (κ2) is 6.06. The van der Waals surface area contributed by atoms with E-state index in [2.05, 4.69) is 13.8 Å². The highest BCUT2D eigenvalue weighted by atomic mass is 32.1. The van der Waals surface area contributed by atoms with Crippen molar-refractivity contribution in [2.24, 2.45) is 5.92 Å². The van der Waals surface area contributed by atoms with Gasteiger partial charge in [0.2, 0.25) is 0 Å². The molecule has 0 aliphatic carbocycles. The molecule has 0 bridgehead atoms. The molecule has 0 amide bonds. The number of fused-ring (bicyclic) bond motifs is 1. The Kier molecular flexibility index (Phi) is 4.43. The van der Waals surface area contributed by atoms with Gasteiger partial charge in [-0.2, -0.15) is 0 Å². The van der Waals surface area contributed by atoms with Crippen LogP contribution in [0, 0.1) is 5.92 Å². The van der Waals surface area contributed by atoms with E-state index >= 15 is 0 Å². The van der Waals surface area contributed by atoms with Crippen molar-refractivity contribution >= 4 is 33.1 Å². The molecule has 1 aromatic heterocycles. The van der Waals surface area contributed by atoms with E-state index in [4.69, 9.17) is 10.5 Å². The minimum absolute atomic E-state index is 0.234. The summed E-state index contributed by atoms with van der Waals surface area (Å²) in [5, 5.41) is 0.999. The third kappa shape index (κ3) is 3.47. The van der Waals surface area contributed by atoms with Crippen LogP contribution in [0.5, 0.6) is 0 Å². The van der Waals surface area contributed by atoms with Crippen LogP contribution in [0.4, 0.5) is 5.69 Å². The maximum absolute atomic E-state index is 12.0. The molecule has 1 atom stereocenters. The van der Waals surface area contributed by atoms with Crippen molar-refractivity contribution in [1.29, 1.82) is 0 Å². The molecule has 2 aromatic rings. The maximum atomic E-state index is 12.0. The summed E-state index contributed by atoms with van der Waals surface area (Å²) in [4.78, 5) is 12.6. The molecule has 102 valence electrons. The number of esters is 1. The Hall–Kier alpha value is -1.55. The molecule has 0 fully saturated rings. The van der Waals surface area contributed by atoms with Crippen molar-refractivity contribution in [3.8, 4) is 0 Å². The zero-order valence-corrected chi connectivity index (χ0v) is 12.1. The second-order valence-corrected chi connectivity index (χ2v) is 5.98. The molecule has 0 saturated heterocycles. The number of anilines is 1. The number of ether oxygens (including phenoxy) is 1. The lowest BCUT2D eigenvalue weighted by Gasteiger charge is -2.09. The van der Waals surface area contributed by atoms with Gasteiger partial charge in [0.25, 0.3) is 0 Å². The van der Waals surface area contributed by atoms with E-state index in [0.29, 0.717) is 23.1 Å². The average molecular weight is 277 g/mol. The molecule has 0 aliphatic rings. The molecule has 2 N–H and O–H groups in total. The van der Waals surface area contributed by atoms with E-state index in [9.17, 15) is 4.79 Å². The molecule has 0 spiro atoms. The number of hydrogen-bond donors (Lipinski definition) is 1. The number of hydrogen-bond acceptors (Lipinski definition) is 4. The number of nitrogens with two attached hydrogens (primary N) is 1. The number of rotatable bonds is 5. The van der Waals surface area contributed by atoms with Crippen molar-refractivity contribution in [3.05, 3.63) is 29.1 Å². The largest absolute Gasteiger partial charge is 0.461 e. The third-order valence-electron chi connectivity index (χ3n) is 3.02. The van der Waals surface area contributed by atoms with Crippen molar-refractivity contribution in [2.75, 3.05) is 12.3 Å². The Morgan fingerprint density at radius 2 is 2.21 bits per heavy atom. The Balaban J connectivity index is 2.05. The first-order valence-corrected chi connectivity index (χ1v) is 7.38. The Labute approximate surface area is 117 Å². The van der Waals surface area contributed by atoms with E-state index < -0.39 is 0 Å². The quantitative estimate of drug-likeness (QED) is 0.662. The molecule has 0 radical (unpaired) electrons. The van der Waals surface area contributed by atoms with E-state index in [0.717, 1.165) is 22.9 Å². The zero-order chi connectivity index (χ0) is 13.8. The summed E-state index contributed by atoms with van der Waals surface area (Å²) in [5.41, 5.74) is 6.44. The fourth-order valence-electron chi connectivity index (χ4n) is 2.03. The molecular formula is C15H19NO2S. The smallest absolute Gasteiger partial charge is 0.348 e. The summed E-state index contributed by atoms with van der Waals surface area (Å²) < 4.78 is 6.40. The fraction of sp³-hybridized carbons (Fsp3) is 0.400. The first-order valence-electron chi connectivity index (χ1n) is 6.56. The van der Waals surface area contributed by atoms with Crippen molar-refractivity contribution < 1.29 is 9.53 Å². The van der Waals surface area contributed by atoms with Crippen LogP contribution in [0.3, 0.4) is 0 Å². The SMILES string of the molecule is CCCC(C)COC(=O)c1cc2cc(N)ccc2s1. The standard InChI is InChI=1S/C15H19NO2S/c1-3-4-10(2)9-18-15(17)14-8-11-7-12(16)5-6-13(11)19-14/h5-8,10H,3-4,9,16H2,1-2H3. The minimum Gasteiger partial charge on any atom is -0.461 e. The van der Waals surface area contributed by atoms with Gasteiger partial charge < -0.3 is 10.5 Å². The molecule has 4 heteroatoms. The maximum Gasteiger partial charge on any atom is 0.348 e. The van der Waals surface area contributed by atoms with Crippen LogP contribution < -0.4 is 5.73 Å². The van der Waals surface area contributed by atoms with E-state index in [1.165, 1.54) is 11.3 Å². The van der Waals surface area contributed by atoms with Gasteiger partial charge in [-0.1, -0.05) is 20.3 Å². The predicted octanol–water partition coefficient (Wildman–Crippen LogP) is 4.08. The highest BCUT2D eigenvalue weighted by Gasteiger charge is 2.13. The molecular weight excluding hydrogens is 258 g/mol. The first-order chi connectivity index (χ1) is 9.10. The molecule has 3 nitrogen and oxygen atoms in total. The van der Waals surface area contributed by atoms with Crippen molar-refractivity contribution in [2.45, 2.75) is 26.7 Å². The molecule has 1 aromatic carbocycles. The third-order valence-corrected chi connectivity index (χ3v) is 4.12. The molecule has 19 heavy (non-hydrogen) atoms. The van der Waals surface area contributed by atoms with Gasteiger partial charge in [-0.15, -0.1) is 11.3 Å². The molecule has 2 rings (SSSR count). The van der Waals surface area contributed by atoms with Crippen LogP contribution in [0.15, 0.2) is 24.3 Å². The lowest BCUT2D eigenvalue weighted by molar-refractivity contribution is 0.0449. The second-order valence-electron chi connectivity index (χ2n) is 4.90. The highest BCUT2D eigenvalue weighted by molar-refractivity contribution is 7.20. The van der Waals surface area contributed by atoms with Crippen LogP contribution >= 0.6 is 11.3 Å². The summed E-state index contributed by atoms with van der Waals surface area (Å²) in [7, 11) is 0. The van der Waals surface area contributed by atoms with Crippen molar-refractivity contribution in [3.63, 3.8) is 0 Å². The molecule has 0 aliphatic heterocycles. The topological polar surface area (TPSA) is 52.3 Å². The summed E-state index contributed by atoms with van der Waals surface area (Å²) in [6.07, 6.45) is 2.19. The van der Waals surface area contributed by atoms with Crippen LogP contribution in [-0.2, 0) is 4.74 Å². The number of thiophene rings is 1. The number of benzene rings is 1. The average Bonchev–Trinajstić information content (AvgIpc) is 2.79. The summed E-state index contributed by atoms with van der Waals surface area (Å²) in [5.74, 6) is 0.182. The van der Waals surface area contributed by atoms with Crippen LogP contribution in [0.25, 0.3) is 10.1 Å². The van der Waals surface area contributed by atoms with Gasteiger partial charge >= 0.3 is 5.97 Å².